The van der Waals surface area contributed by atoms with Crippen LogP contribution in [0.3, 0.4) is 0 Å². The van der Waals surface area contributed by atoms with Crippen LogP contribution in [0.2, 0.25) is 0 Å². The van der Waals surface area contributed by atoms with E-state index in [0.29, 0.717) is 4.90 Å². The van der Waals surface area contributed by atoms with Gasteiger partial charge in [-0.1, -0.05) is 42.6 Å². The minimum atomic E-state index is -3.00. The Bertz CT molecular complexity index is 551. The zero-order valence-corrected chi connectivity index (χ0v) is 16.0. The summed E-state index contributed by atoms with van der Waals surface area (Å²) in [5.74, 6) is 0. The van der Waals surface area contributed by atoms with Crippen LogP contribution in [0.4, 0.5) is 0 Å². The molecule has 118 valence electrons. The summed E-state index contributed by atoms with van der Waals surface area (Å²) in [6, 6.07) is 8.35. The fourth-order valence-corrected chi connectivity index (χ4v) is 2.72. The minimum absolute atomic E-state index is 0.370. The summed E-state index contributed by atoms with van der Waals surface area (Å²) < 4.78 is 23.3. The normalized spacial score (nSPS) is 10.1. The number of hydrogen-bond acceptors (Lipinski definition) is 5. The molecule has 8 heteroatoms. The van der Waals surface area contributed by atoms with Crippen LogP contribution in [-0.2, 0) is 9.84 Å². The van der Waals surface area contributed by atoms with Crippen molar-refractivity contribution in [2.24, 2.45) is 0 Å². The molecule has 4 nitrogen and oxygen atoms in total. The van der Waals surface area contributed by atoms with E-state index in [1.165, 1.54) is 18.0 Å². The minimum Gasteiger partial charge on any atom is -0.363 e. The van der Waals surface area contributed by atoms with Crippen molar-refractivity contribution in [3.8, 4) is 0 Å². The summed E-state index contributed by atoms with van der Waals surface area (Å²) in [7, 11) is 4.64. The van der Waals surface area contributed by atoms with Crippen LogP contribution in [0.25, 0.3) is 0 Å². The Balaban J connectivity index is 0.000000382. The van der Waals surface area contributed by atoms with Crippen molar-refractivity contribution >= 4 is 54.7 Å². The molecule has 0 bridgehead atoms. The van der Waals surface area contributed by atoms with Gasteiger partial charge < -0.3 is 9.80 Å². The molecule has 0 saturated carbocycles. The van der Waals surface area contributed by atoms with E-state index >= 15 is 0 Å². The van der Waals surface area contributed by atoms with Gasteiger partial charge >= 0.3 is 0 Å². The number of sulfone groups is 1. The molecule has 1 aromatic carbocycles. The Labute approximate surface area is 142 Å². The largest absolute Gasteiger partial charge is 0.363 e. The highest BCUT2D eigenvalue weighted by Gasteiger charge is 2.05. The maximum atomic E-state index is 10.8. The molecule has 0 saturated heterocycles. The first-order valence-electron chi connectivity index (χ1n) is 5.91. The van der Waals surface area contributed by atoms with Gasteiger partial charge in [-0.25, -0.2) is 8.42 Å². The second kappa shape index (κ2) is 9.34. The molecule has 0 amide bonds. The van der Waals surface area contributed by atoms with Crippen LogP contribution in [-0.4, -0.2) is 61.3 Å². The van der Waals surface area contributed by atoms with Gasteiger partial charge in [-0.15, -0.1) is 0 Å². The maximum Gasteiger partial charge on any atom is 0.175 e. The lowest BCUT2D eigenvalue weighted by molar-refractivity contribution is 0.602. The number of benzene rings is 1. The van der Waals surface area contributed by atoms with E-state index in [0.717, 1.165) is 8.64 Å². The summed E-state index contributed by atoms with van der Waals surface area (Å²) in [5, 5.41) is 0. The van der Waals surface area contributed by atoms with Crippen LogP contribution in [0.5, 0.6) is 0 Å². The topological polar surface area (TPSA) is 40.6 Å². The van der Waals surface area contributed by atoms with Crippen molar-refractivity contribution in [2.75, 3.05) is 34.4 Å². The number of hydrogen-bond donors (Lipinski definition) is 0. The van der Waals surface area contributed by atoms with Gasteiger partial charge in [-0.05, 0) is 23.9 Å². The second-order valence-electron chi connectivity index (χ2n) is 4.51. The molecule has 21 heavy (non-hydrogen) atoms. The lowest BCUT2D eigenvalue weighted by atomic mass is 10.4. The fraction of sp³-hybridized carbons (Fsp3) is 0.385. The van der Waals surface area contributed by atoms with Crippen molar-refractivity contribution in [2.45, 2.75) is 4.90 Å². The van der Waals surface area contributed by atoms with E-state index in [4.69, 9.17) is 24.4 Å². The highest BCUT2D eigenvalue weighted by molar-refractivity contribution is 8.37. The zero-order valence-electron chi connectivity index (χ0n) is 12.7. The summed E-state index contributed by atoms with van der Waals surface area (Å²) in [5.41, 5.74) is 0. The smallest absolute Gasteiger partial charge is 0.175 e. The number of nitrogens with zero attached hydrogens (tertiary/aromatic N) is 2. The first kappa shape index (κ1) is 20.3. The van der Waals surface area contributed by atoms with Gasteiger partial charge in [0.05, 0.1) is 4.90 Å². The molecule has 0 radical (unpaired) electrons. The standard InChI is InChI=1S/C7H8O2S.C6H12N2S3/c1-10(8,9)7-5-3-2-4-6-7;1-7(2)5(9)11-6(10)8(3)4/h2-6H,1H3;1-4H3. The predicted octanol–water partition coefficient (Wildman–Crippen LogP) is 2.50. The van der Waals surface area contributed by atoms with Crippen molar-refractivity contribution < 1.29 is 8.42 Å². The molecule has 0 aliphatic heterocycles. The van der Waals surface area contributed by atoms with E-state index in [-0.39, 0.29) is 0 Å². The van der Waals surface area contributed by atoms with Gasteiger partial charge in [0.15, 0.2) is 9.84 Å². The Kier molecular flexibility index (Phi) is 9.03. The second-order valence-corrected chi connectivity index (χ2v) is 8.79. The molecule has 1 rings (SSSR count). The monoisotopic (exact) mass is 364 g/mol. The average Bonchev–Trinajstić information content (AvgIpc) is 2.39. The first-order valence-corrected chi connectivity index (χ1v) is 9.43. The van der Waals surface area contributed by atoms with E-state index < -0.39 is 9.84 Å². The molecular weight excluding hydrogens is 344 g/mol. The van der Waals surface area contributed by atoms with Crippen molar-refractivity contribution in [3.63, 3.8) is 0 Å². The lowest BCUT2D eigenvalue weighted by Crippen LogP contribution is -2.23. The predicted molar refractivity (Wildman–Crippen MR) is 99.7 cm³/mol. The molecule has 0 fully saturated rings. The molecule has 0 N–H and O–H groups in total. The molecule has 0 spiro atoms. The lowest BCUT2D eigenvalue weighted by Gasteiger charge is -2.16. The van der Waals surface area contributed by atoms with E-state index in [1.807, 2.05) is 38.0 Å². The summed E-state index contributed by atoms with van der Waals surface area (Å²) in [6.07, 6.45) is 1.20. The van der Waals surface area contributed by atoms with Gasteiger partial charge in [0.1, 0.15) is 8.64 Å². The number of rotatable bonds is 1. The molecular formula is C13H20N2O2S4. The van der Waals surface area contributed by atoms with Crippen LogP contribution in [0.1, 0.15) is 0 Å². The van der Waals surface area contributed by atoms with Crippen LogP contribution >= 0.6 is 36.2 Å². The summed E-state index contributed by atoms with van der Waals surface area (Å²) in [6.45, 7) is 0. The Hall–Kier alpha value is -0.700. The van der Waals surface area contributed by atoms with Gasteiger partial charge in [0.25, 0.3) is 0 Å². The average molecular weight is 365 g/mol. The van der Waals surface area contributed by atoms with E-state index in [2.05, 4.69) is 0 Å². The van der Waals surface area contributed by atoms with Gasteiger partial charge in [-0.2, -0.15) is 0 Å². The van der Waals surface area contributed by atoms with Gasteiger partial charge in [-0.3, -0.25) is 0 Å². The first-order chi connectivity index (χ1) is 9.55. The summed E-state index contributed by atoms with van der Waals surface area (Å²) in [4.78, 5) is 4.11. The molecule has 0 atom stereocenters. The Morgan fingerprint density at radius 2 is 1.33 bits per heavy atom. The van der Waals surface area contributed by atoms with Crippen LogP contribution in [0, 0.1) is 0 Å². The van der Waals surface area contributed by atoms with Crippen LogP contribution in [0.15, 0.2) is 35.2 Å². The molecule has 0 heterocycles. The highest BCUT2D eigenvalue weighted by atomic mass is 32.2. The Morgan fingerprint density at radius 3 is 1.57 bits per heavy atom. The highest BCUT2D eigenvalue weighted by Crippen LogP contribution is 2.10. The van der Waals surface area contributed by atoms with Gasteiger partial charge in [0.2, 0.25) is 0 Å². The molecule has 0 unspecified atom stereocenters. The molecule has 0 aliphatic rings. The van der Waals surface area contributed by atoms with Crippen molar-refractivity contribution in [3.05, 3.63) is 30.3 Å². The van der Waals surface area contributed by atoms with Crippen molar-refractivity contribution in [1.29, 1.82) is 0 Å². The van der Waals surface area contributed by atoms with E-state index in [9.17, 15) is 8.42 Å². The quantitative estimate of drug-likeness (QED) is 0.709. The molecule has 0 aliphatic carbocycles. The number of thioether (sulfide) groups is 1. The fourth-order valence-electron chi connectivity index (χ4n) is 0.925. The van der Waals surface area contributed by atoms with Crippen molar-refractivity contribution in [1.82, 2.24) is 9.80 Å². The Morgan fingerprint density at radius 1 is 0.952 bits per heavy atom. The number of thiocarbonyl (C=S) groups is 2. The summed E-state index contributed by atoms with van der Waals surface area (Å²) >= 11 is 11.5. The third-order valence-electron chi connectivity index (χ3n) is 2.08. The third kappa shape index (κ3) is 9.02. The maximum absolute atomic E-state index is 10.8. The zero-order chi connectivity index (χ0) is 16.6. The third-order valence-corrected chi connectivity index (χ3v) is 5.51. The van der Waals surface area contributed by atoms with Crippen LogP contribution < -0.4 is 0 Å². The molecule has 0 aromatic heterocycles. The SMILES string of the molecule is CN(C)C(=S)SC(=S)N(C)C.CS(=O)(=O)c1ccccc1. The van der Waals surface area contributed by atoms with E-state index in [1.54, 1.807) is 30.3 Å². The molecule has 1 aromatic rings. The van der Waals surface area contributed by atoms with Gasteiger partial charge in [0, 0.05) is 34.4 Å².